The van der Waals surface area contributed by atoms with E-state index in [-0.39, 0.29) is 11.5 Å². The fourth-order valence-corrected chi connectivity index (χ4v) is 5.61. The zero-order chi connectivity index (χ0) is 26.0. The Labute approximate surface area is 243 Å². The highest BCUT2D eigenvalue weighted by Gasteiger charge is 2.16. The second-order valence-electron chi connectivity index (χ2n) is 8.15. The van der Waals surface area contributed by atoms with Crippen LogP contribution in [0.1, 0.15) is 43.1 Å². The highest BCUT2D eigenvalue weighted by molar-refractivity contribution is 9.11. The van der Waals surface area contributed by atoms with Gasteiger partial charge in [0.2, 0.25) is 0 Å². The Morgan fingerprint density at radius 1 is 1.06 bits per heavy atom. The lowest BCUT2D eigenvalue weighted by molar-refractivity contribution is 0.302. The zero-order valence-corrected chi connectivity index (χ0v) is 25.5. The number of benzene rings is 3. The highest BCUT2D eigenvalue weighted by atomic mass is 79.9. The van der Waals surface area contributed by atoms with Crippen LogP contribution in [0.25, 0.3) is 10.9 Å². The monoisotopic (exact) mass is 713 g/mol. The molecule has 1 atom stereocenters. The molecular formula is C26H20Br3Cl2N3O2. The van der Waals surface area contributed by atoms with E-state index in [2.05, 4.69) is 59.8 Å². The van der Waals surface area contributed by atoms with E-state index in [9.17, 15) is 4.79 Å². The van der Waals surface area contributed by atoms with Gasteiger partial charge in [-0.1, -0.05) is 59.0 Å². The minimum absolute atomic E-state index is 0.0542. The van der Waals surface area contributed by atoms with Gasteiger partial charge in [-0.15, -0.1) is 0 Å². The van der Waals surface area contributed by atoms with E-state index >= 15 is 0 Å². The first-order valence-corrected chi connectivity index (χ1v) is 14.1. The van der Waals surface area contributed by atoms with Gasteiger partial charge in [0.05, 0.1) is 36.1 Å². The van der Waals surface area contributed by atoms with E-state index in [1.807, 2.05) is 37.3 Å². The van der Waals surface area contributed by atoms with E-state index in [0.717, 1.165) is 31.0 Å². The number of hydrogen-bond acceptors (Lipinski definition) is 4. The summed E-state index contributed by atoms with van der Waals surface area (Å²) in [6.07, 6.45) is 2.46. The molecule has 4 rings (SSSR count). The fourth-order valence-electron chi connectivity index (χ4n) is 3.48. The summed E-state index contributed by atoms with van der Waals surface area (Å²) >= 11 is 22.7. The van der Waals surface area contributed by atoms with Crippen molar-refractivity contribution in [1.29, 1.82) is 0 Å². The molecule has 0 aliphatic heterocycles. The van der Waals surface area contributed by atoms with Gasteiger partial charge in [0.1, 0.15) is 18.2 Å². The Morgan fingerprint density at radius 2 is 1.78 bits per heavy atom. The molecule has 36 heavy (non-hydrogen) atoms. The second kappa shape index (κ2) is 11.8. The predicted molar refractivity (Wildman–Crippen MR) is 158 cm³/mol. The third-order valence-corrected chi connectivity index (χ3v) is 8.01. The van der Waals surface area contributed by atoms with Crippen molar-refractivity contribution in [2.24, 2.45) is 5.10 Å². The number of aromatic nitrogens is 2. The molecule has 0 unspecified atom stereocenters. The molecule has 0 saturated heterocycles. The van der Waals surface area contributed by atoms with Crippen LogP contribution in [0.2, 0.25) is 10.0 Å². The number of halogens is 5. The van der Waals surface area contributed by atoms with Crippen molar-refractivity contribution in [3.63, 3.8) is 0 Å². The second-order valence-corrected chi connectivity index (χ2v) is 11.6. The Morgan fingerprint density at radius 3 is 2.44 bits per heavy atom. The van der Waals surface area contributed by atoms with E-state index in [0.29, 0.717) is 39.1 Å². The van der Waals surface area contributed by atoms with Gasteiger partial charge in [-0.05, 0) is 91.9 Å². The van der Waals surface area contributed by atoms with Gasteiger partial charge in [0.25, 0.3) is 5.56 Å². The summed E-state index contributed by atoms with van der Waals surface area (Å²) in [6, 6.07) is 14.6. The topological polar surface area (TPSA) is 56.5 Å². The van der Waals surface area contributed by atoms with Crippen LogP contribution in [0, 0.1) is 0 Å². The molecule has 3 aromatic carbocycles. The summed E-state index contributed by atoms with van der Waals surface area (Å²) in [7, 11) is 0. The molecule has 10 heteroatoms. The first-order chi connectivity index (χ1) is 17.2. The Balaban J connectivity index is 1.66. The van der Waals surface area contributed by atoms with E-state index in [4.69, 9.17) is 32.9 Å². The molecule has 0 radical (unpaired) electrons. The predicted octanol–water partition coefficient (Wildman–Crippen LogP) is 8.97. The lowest BCUT2D eigenvalue weighted by Crippen LogP contribution is -2.23. The van der Waals surface area contributed by atoms with Gasteiger partial charge in [-0.2, -0.15) is 9.78 Å². The molecule has 0 bridgehead atoms. The highest BCUT2D eigenvalue weighted by Crippen LogP contribution is 2.35. The van der Waals surface area contributed by atoms with Crippen LogP contribution >= 0.6 is 71.0 Å². The van der Waals surface area contributed by atoms with Crippen LogP contribution in [0.3, 0.4) is 0 Å². The van der Waals surface area contributed by atoms with Crippen LogP contribution in [-0.4, -0.2) is 15.9 Å². The molecule has 0 N–H and O–H groups in total. The van der Waals surface area contributed by atoms with Gasteiger partial charge < -0.3 is 4.74 Å². The van der Waals surface area contributed by atoms with Crippen LogP contribution in [0.15, 0.2) is 71.8 Å². The maximum Gasteiger partial charge on any atom is 0.282 e. The van der Waals surface area contributed by atoms with Crippen LogP contribution < -0.4 is 10.3 Å². The van der Waals surface area contributed by atoms with Gasteiger partial charge >= 0.3 is 0 Å². The summed E-state index contributed by atoms with van der Waals surface area (Å²) in [4.78, 5) is 18.1. The number of rotatable bonds is 7. The third kappa shape index (κ3) is 6.05. The number of hydrogen-bond donors (Lipinski definition) is 0. The van der Waals surface area contributed by atoms with Gasteiger partial charge in [0.15, 0.2) is 0 Å². The standard InChI is InChI=1S/C26H20Br3Cl2N3O2/c1-3-14(2)25-33-23-7-5-17(27)11-18(23)26(35)34(25)32-12-16-8-19(28)24(20(29)9-16)36-13-15-4-6-21(30)22(31)10-15/h4-12,14H,3,13H2,1-2H3/t14-/m1/s1. The molecule has 0 amide bonds. The molecule has 5 nitrogen and oxygen atoms in total. The Kier molecular flexibility index (Phi) is 8.94. The number of nitrogens with zero attached hydrogens (tertiary/aromatic N) is 3. The number of fused-ring (bicyclic) bond motifs is 1. The van der Waals surface area contributed by atoms with E-state index in [1.54, 1.807) is 24.4 Å². The summed E-state index contributed by atoms with van der Waals surface area (Å²) < 4.78 is 9.66. The average molecular weight is 717 g/mol. The van der Waals surface area contributed by atoms with Crippen molar-refractivity contribution in [3.05, 3.63) is 99.3 Å². The summed E-state index contributed by atoms with van der Waals surface area (Å²) in [5.74, 6) is 1.31. The summed E-state index contributed by atoms with van der Waals surface area (Å²) in [6.45, 7) is 4.40. The maximum absolute atomic E-state index is 13.3. The van der Waals surface area contributed by atoms with Crippen molar-refractivity contribution in [1.82, 2.24) is 9.66 Å². The third-order valence-electron chi connectivity index (χ3n) is 5.60. The molecule has 1 heterocycles. The minimum atomic E-state index is -0.215. The lowest BCUT2D eigenvalue weighted by Gasteiger charge is -2.14. The van der Waals surface area contributed by atoms with Crippen molar-refractivity contribution in [2.75, 3.05) is 0 Å². The largest absolute Gasteiger partial charge is 0.487 e. The van der Waals surface area contributed by atoms with Crippen molar-refractivity contribution < 1.29 is 4.74 Å². The summed E-state index contributed by atoms with van der Waals surface area (Å²) in [5, 5.41) is 6.02. The molecule has 4 aromatic rings. The molecule has 0 aliphatic carbocycles. The van der Waals surface area contributed by atoms with Crippen molar-refractivity contribution >= 4 is 88.1 Å². The molecule has 0 aliphatic rings. The maximum atomic E-state index is 13.3. The van der Waals surface area contributed by atoms with Crippen LogP contribution in [0.5, 0.6) is 5.75 Å². The molecule has 0 saturated carbocycles. The van der Waals surface area contributed by atoms with Crippen molar-refractivity contribution in [3.8, 4) is 5.75 Å². The Bertz CT molecular complexity index is 1520. The SMILES string of the molecule is CC[C@@H](C)c1nc2ccc(Br)cc2c(=O)n1N=Cc1cc(Br)c(OCc2ccc(Cl)c(Cl)c2)c(Br)c1. The van der Waals surface area contributed by atoms with Crippen molar-refractivity contribution in [2.45, 2.75) is 32.8 Å². The quantitative estimate of drug-likeness (QED) is 0.180. The van der Waals surface area contributed by atoms with Gasteiger partial charge in [0, 0.05) is 10.4 Å². The lowest BCUT2D eigenvalue weighted by atomic mass is 10.1. The fraction of sp³-hybridized carbons (Fsp3) is 0.192. The normalized spacial score (nSPS) is 12.4. The number of ether oxygens (including phenoxy) is 1. The average Bonchev–Trinajstić information content (AvgIpc) is 2.84. The Hall–Kier alpha value is -1.71. The first kappa shape index (κ1) is 27.3. The molecule has 0 spiro atoms. The first-order valence-electron chi connectivity index (χ1n) is 11.0. The molecule has 1 aromatic heterocycles. The molecular weight excluding hydrogens is 697 g/mol. The van der Waals surface area contributed by atoms with Gasteiger partial charge in [-0.3, -0.25) is 4.79 Å². The molecule has 0 fully saturated rings. The van der Waals surface area contributed by atoms with Crippen LogP contribution in [-0.2, 0) is 6.61 Å². The van der Waals surface area contributed by atoms with Crippen LogP contribution in [0.4, 0.5) is 0 Å². The minimum Gasteiger partial charge on any atom is -0.487 e. The van der Waals surface area contributed by atoms with E-state index < -0.39 is 0 Å². The zero-order valence-electron chi connectivity index (χ0n) is 19.2. The molecule has 186 valence electrons. The summed E-state index contributed by atoms with van der Waals surface area (Å²) in [5.41, 5.74) is 2.10. The van der Waals surface area contributed by atoms with Gasteiger partial charge in [-0.25, -0.2) is 4.98 Å². The van der Waals surface area contributed by atoms with E-state index in [1.165, 1.54) is 4.68 Å². The smallest absolute Gasteiger partial charge is 0.282 e.